The number of alkyl halides is 3. The van der Waals surface area contributed by atoms with Gasteiger partial charge < -0.3 is 24.8 Å². The molecule has 1 atom stereocenters. The molecule has 1 unspecified atom stereocenters. The van der Waals surface area contributed by atoms with Crippen molar-refractivity contribution in [3.63, 3.8) is 0 Å². The Morgan fingerprint density at radius 3 is 2.23 bits per heavy atom. The molecule has 166 valence electrons. The summed E-state index contributed by atoms with van der Waals surface area (Å²) in [5.74, 6) is -2.54. The van der Waals surface area contributed by atoms with Crippen LogP contribution >= 0.6 is 0 Å². The van der Waals surface area contributed by atoms with E-state index in [9.17, 15) is 27.9 Å². The quantitative estimate of drug-likeness (QED) is 0.564. The molecule has 1 saturated carbocycles. The van der Waals surface area contributed by atoms with E-state index >= 15 is 0 Å². The van der Waals surface area contributed by atoms with Crippen molar-refractivity contribution in [3.8, 4) is 5.75 Å². The zero-order chi connectivity index (χ0) is 21.8. The number of rotatable bonds is 4. The number of amides is 1. The highest BCUT2D eigenvalue weighted by molar-refractivity contribution is 5.89. The standard InChI is InChI=1S/C20H25F3N2O5/c21-20(22,23)30-15-6-4-14(5-7-15)16(19(28)8-2-1-3-9-19)17(26)29-18(27)25-12-10-24-11-13-25/h4-7,16,24,28H,1-3,8-13H2. The van der Waals surface area contributed by atoms with E-state index in [1.807, 2.05) is 0 Å². The van der Waals surface area contributed by atoms with Gasteiger partial charge in [0.15, 0.2) is 0 Å². The van der Waals surface area contributed by atoms with Crippen molar-refractivity contribution in [3.05, 3.63) is 29.8 Å². The van der Waals surface area contributed by atoms with Crippen molar-refractivity contribution in [2.75, 3.05) is 26.2 Å². The van der Waals surface area contributed by atoms with Crippen molar-refractivity contribution < 1.29 is 37.3 Å². The monoisotopic (exact) mass is 430 g/mol. The molecule has 1 aromatic rings. The SMILES string of the molecule is O=C(OC(=O)N1CCNCC1)C(c1ccc(OC(F)(F)F)cc1)C1(O)CCCCC1. The Bertz CT molecular complexity index is 742. The minimum Gasteiger partial charge on any atom is -0.406 e. The van der Waals surface area contributed by atoms with Crippen LogP contribution in [0.5, 0.6) is 5.75 Å². The Labute approximate surface area is 172 Å². The number of hydrogen-bond acceptors (Lipinski definition) is 6. The second-order valence-corrected chi connectivity index (χ2v) is 7.64. The molecule has 30 heavy (non-hydrogen) atoms. The Hall–Kier alpha value is -2.33. The highest BCUT2D eigenvalue weighted by Crippen LogP contribution is 2.41. The van der Waals surface area contributed by atoms with Crippen molar-refractivity contribution in [1.82, 2.24) is 10.2 Å². The molecule has 0 spiro atoms. The summed E-state index contributed by atoms with van der Waals surface area (Å²) in [5.41, 5.74) is -1.17. The van der Waals surface area contributed by atoms with E-state index in [1.54, 1.807) is 0 Å². The predicted molar refractivity (Wildman–Crippen MR) is 99.8 cm³/mol. The average molecular weight is 430 g/mol. The summed E-state index contributed by atoms with van der Waals surface area (Å²) in [6.07, 6.45) is -2.67. The van der Waals surface area contributed by atoms with Gasteiger partial charge in [-0.2, -0.15) is 0 Å². The van der Waals surface area contributed by atoms with Crippen LogP contribution in [-0.2, 0) is 9.53 Å². The highest BCUT2D eigenvalue weighted by Gasteiger charge is 2.45. The minimum atomic E-state index is -4.84. The van der Waals surface area contributed by atoms with Crippen LogP contribution in [0.3, 0.4) is 0 Å². The van der Waals surface area contributed by atoms with Gasteiger partial charge in [-0.25, -0.2) is 4.79 Å². The normalized spacial score (nSPS) is 20.3. The number of esters is 1. The Balaban J connectivity index is 1.81. The number of carbonyl (C=O) groups is 2. The Kier molecular flexibility index (Phi) is 6.87. The van der Waals surface area contributed by atoms with E-state index in [4.69, 9.17) is 4.74 Å². The molecular formula is C20H25F3N2O5. The third kappa shape index (κ3) is 5.63. The number of ether oxygens (including phenoxy) is 2. The summed E-state index contributed by atoms with van der Waals surface area (Å²) >= 11 is 0. The van der Waals surface area contributed by atoms with Crippen molar-refractivity contribution in [2.24, 2.45) is 0 Å². The summed E-state index contributed by atoms with van der Waals surface area (Å²) in [7, 11) is 0. The van der Waals surface area contributed by atoms with Crippen LogP contribution in [0.15, 0.2) is 24.3 Å². The van der Waals surface area contributed by atoms with E-state index in [0.717, 1.165) is 18.6 Å². The van der Waals surface area contributed by atoms with Gasteiger partial charge in [0, 0.05) is 26.2 Å². The zero-order valence-corrected chi connectivity index (χ0v) is 16.4. The molecule has 1 aliphatic heterocycles. The molecule has 0 radical (unpaired) electrons. The van der Waals surface area contributed by atoms with Gasteiger partial charge in [-0.05, 0) is 30.5 Å². The van der Waals surface area contributed by atoms with E-state index in [0.29, 0.717) is 51.9 Å². The fourth-order valence-electron chi connectivity index (χ4n) is 4.04. The fourth-order valence-corrected chi connectivity index (χ4v) is 4.04. The van der Waals surface area contributed by atoms with Gasteiger partial charge in [0.1, 0.15) is 11.7 Å². The fraction of sp³-hybridized carbons (Fsp3) is 0.600. The first-order chi connectivity index (χ1) is 14.2. The van der Waals surface area contributed by atoms with Gasteiger partial charge >= 0.3 is 18.4 Å². The van der Waals surface area contributed by atoms with Gasteiger partial charge in [0.25, 0.3) is 0 Å². The maximum Gasteiger partial charge on any atom is 0.573 e. The summed E-state index contributed by atoms with van der Waals surface area (Å²) in [6, 6.07) is 4.73. The zero-order valence-electron chi connectivity index (χ0n) is 16.4. The number of hydrogen-bond donors (Lipinski definition) is 2. The second-order valence-electron chi connectivity index (χ2n) is 7.64. The van der Waals surface area contributed by atoms with Gasteiger partial charge in [-0.1, -0.05) is 31.4 Å². The Morgan fingerprint density at radius 2 is 1.67 bits per heavy atom. The molecule has 1 saturated heterocycles. The lowest BCUT2D eigenvalue weighted by molar-refractivity contribution is -0.274. The smallest absolute Gasteiger partial charge is 0.406 e. The molecular weight excluding hydrogens is 405 g/mol. The molecule has 3 rings (SSSR count). The van der Waals surface area contributed by atoms with Crippen LogP contribution in [-0.4, -0.2) is 60.2 Å². The van der Waals surface area contributed by atoms with E-state index in [1.165, 1.54) is 17.0 Å². The number of nitrogens with one attached hydrogen (secondary N) is 1. The number of benzene rings is 1. The third-order valence-corrected chi connectivity index (χ3v) is 5.50. The summed E-state index contributed by atoms with van der Waals surface area (Å²) in [4.78, 5) is 26.7. The van der Waals surface area contributed by atoms with Crippen LogP contribution in [0.1, 0.15) is 43.6 Å². The largest absolute Gasteiger partial charge is 0.573 e. The molecule has 7 nitrogen and oxygen atoms in total. The van der Waals surface area contributed by atoms with E-state index in [-0.39, 0.29) is 5.56 Å². The van der Waals surface area contributed by atoms with Crippen molar-refractivity contribution in [2.45, 2.75) is 50.0 Å². The van der Waals surface area contributed by atoms with Gasteiger partial charge in [-0.15, -0.1) is 13.2 Å². The lowest BCUT2D eigenvalue weighted by Crippen LogP contribution is -2.49. The minimum absolute atomic E-state index is 0.270. The molecule has 10 heteroatoms. The molecule has 1 aromatic carbocycles. The Morgan fingerprint density at radius 1 is 1.07 bits per heavy atom. The maximum atomic E-state index is 13.0. The number of carbonyl (C=O) groups excluding carboxylic acids is 2. The van der Waals surface area contributed by atoms with Crippen LogP contribution in [0.2, 0.25) is 0 Å². The molecule has 1 aliphatic carbocycles. The topological polar surface area (TPSA) is 88.1 Å². The molecule has 1 heterocycles. The molecule has 2 aliphatic rings. The summed E-state index contributed by atoms with van der Waals surface area (Å²) in [5, 5.41) is 14.3. The van der Waals surface area contributed by atoms with Crippen molar-refractivity contribution in [1.29, 1.82) is 0 Å². The second kappa shape index (κ2) is 9.22. The first kappa shape index (κ1) is 22.4. The number of nitrogens with zero attached hydrogens (tertiary/aromatic N) is 1. The van der Waals surface area contributed by atoms with E-state index < -0.39 is 35.7 Å². The van der Waals surface area contributed by atoms with Crippen LogP contribution in [0, 0.1) is 0 Å². The van der Waals surface area contributed by atoms with E-state index in [2.05, 4.69) is 10.1 Å². The lowest BCUT2D eigenvalue weighted by atomic mass is 9.73. The van der Waals surface area contributed by atoms with Crippen LogP contribution in [0.4, 0.5) is 18.0 Å². The van der Waals surface area contributed by atoms with Gasteiger partial charge in [0.05, 0.1) is 5.60 Å². The average Bonchev–Trinajstić information content (AvgIpc) is 2.69. The van der Waals surface area contributed by atoms with Gasteiger partial charge in [0.2, 0.25) is 0 Å². The van der Waals surface area contributed by atoms with Crippen LogP contribution < -0.4 is 10.1 Å². The van der Waals surface area contributed by atoms with Gasteiger partial charge in [-0.3, -0.25) is 4.79 Å². The maximum absolute atomic E-state index is 13.0. The van der Waals surface area contributed by atoms with Crippen LogP contribution in [0.25, 0.3) is 0 Å². The predicted octanol–water partition coefficient (Wildman–Crippen LogP) is 2.93. The summed E-state index contributed by atoms with van der Waals surface area (Å²) < 4.78 is 46.2. The summed E-state index contributed by atoms with van der Waals surface area (Å²) in [6.45, 7) is 1.95. The molecule has 2 fully saturated rings. The number of piperazine rings is 1. The highest BCUT2D eigenvalue weighted by atomic mass is 19.4. The molecule has 0 bridgehead atoms. The first-order valence-electron chi connectivity index (χ1n) is 9.97. The lowest BCUT2D eigenvalue weighted by Gasteiger charge is -2.38. The number of halogens is 3. The first-order valence-corrected chi connectivity index (χ1v) is 9.97. The number of aliphatic hydroxyl groups is 1. The molecule has 2 N–H and O–H groups in total. The molecule has 0 aromatic heterocycles. The van der Waals surface area contributed by atoms with Crippen molar-refractivity contribution >= 4 is 12.1 Å². The molecule has 1 amide bonds. The third-order valence-electron chi connectivity index (χ3n) is 5.50.